The first-order valence-corrected chi connectivity index (χ1v) is 18.2. The summed E-state index contributed by atoms with van der Waals surface area (Å²) in [4.78, 5) is 15.2. The van der Waals surface area contributed by atoms with Crippen LogP contribution in [0.4, 0.5) is 4.79 Å². The van der Waals surface area contributed by atoms with Crippen molar-refractivity contribution in [1.29, 1.82) is 0 Å². The third kappa shape index (κ3) is 9.10. The smallest absolute Gasteiger partial charge is 0.410 e. The highest BCUT2D eigenvalue weighted by Gasteiger charge is 2.59. The average molecular weight is 659 g/mol. The average Bonchev–Trinajstić information content (AvgIpc) is 3.31. The molecule has 44 heavy (non-hydrogen) atoms. The molecule has 4 aliphatic carbocycles. The Labute approximate surface area is 283 Å². The lowest BCUT2D eigenvalue weighted by molar-refractivity contribution is -0.0593. The summed E-state index contributed by atoms with van der Waals surface area (Å²) in [6, 6.07) is 0. The van der Waals surface area contributed by atoms with E-state index in [1.165, 1.54) is 51.4 Å². The Balaban J connectivity index is 0.00000337. The molecular weight excluding hydrogens is 589 g/mol. The molecular formula is C37H69Cl2N3O2. The lowest BCUT2D eigenvalue weighted by Gasteiger charge is -2.58. The summed E-state index contributed by atoms with van der Waals surface area (Å²) in [5.74, 6) is 5.13. The second kappa shape index (κ2) is 18.2. The van der Waals surface area contributed by atoms with Crippen LogP contribution in [0.5, 0.6) is 0 Å². The number of carbonyl (C=O) groups is 1. The van der Waals surface area contributed by atoms with Crippen molar-refractivity contribution in [3.05, 3.63) is 11.6 Å². The van der Waals surface area contributed by atoms with Crippen molar-refractivity contribution in [3.8, 4) is 0 Å². The number of nitrogens with zero attached hydrogens (tertiary/aromatic N) is 1. The zero-order valence-electron chi connectivity index (χ0n) is 29.0. The van der Waals surface area contributed by atoms with Crippen LogP contribution in [0.3, 0.4) is 0 Å². The summed E-state index contributed by atoms with van der Waals surface area (Å²) >= 11 is 0. The van der Waals surface area contributed by atoms with Gasteiger partial charge in [0.15, 0.2) is 0 Å². The molecule has 0 aromatic heterocycles. The number of fused-ring (bicyclic) bond motifs is 5. The minimum atomic E-state index is -0.127. The number of rotatable bonds is 15. The molecule has 5 nitrogen and oxygen atoms in total. The molecule has 0 bridgehead atoms. The van der Waals surface area contributed by atoms with Gasteiger partial charge in [-0.15, -0.1) is 24.8 Å². The molecule has 1 amide bonds. The van der Waals surface area contributed by atoms with Crippen molar-refractivity contribution in [3.63, 3.8) is 0 Å². The lowest BCUT2D eigenvalue weighted by atomic mass is 9.47. The predicted molar refractivity (Wildman–Crippen MR) is 191 cm³/mol. The van der Waals surface area contributed by atoms with Crippen LogP contribution in [-0.4, -0.2) is 43.3 Å². The van der Waals surface area contributed by atoms with Gasteiger partial charge in [0.2, 0.25) is 0 Å². The molecule has 4 N–H and O–H groups in total. The van der Waals surface area contributed by atoms with Crippen molar-refractivity contribution in [2.45, 2.75) is 143 Å². The third-order valence-corrected chi connectivity index (χ3v) is 12.8. The highest BCUT2D eigenvalue weighted by Crippen LogP contribution is 2.67. The van der Waals surface area contributed by atoms with Crippen molar-refractivity contribution >= 4 is 30.9 Å². The van der Waals surface area contributed by atoms with Crippen LogP contribution >= 0.6 is 24.8 Å². The summed E-state index contributed by atoms with van der Waals surface area (Å²) in [5.41, 5.74) is 13.9. The van der Waals surface area contributed by atoms with Gasteiger partial charge in [-0.1, -0.05) is 78.4 Å². The first-order valence-electron chi connectivity index (χ1n) is 18.2. The standard InChI is InChI=1S/C37H67N3O2.2ClH/c1-27(2)12-10-13-28(3)32-16-17-33-31-15-14-29-26-30(18-20-36(29,4)34(31)19-21-37(32,33)5)42-35(41)40(25-11-23-39)24-9-7-6-8-22-38;;/h14,27-28,30-34H,6-13,15-26,38-39H2,1-5H3;2*1H/t28-,30+,31+,32-,33+,34+,36+,37-;;/m1../s1. The Hall–Kier alpha value is -0.490. The molecule has 0 aromatic carbocycles. The maximum Gasteiger partial charge on any atom is 0.410 e. The number of amides is 1. The highest BCUT2D eigenvalue weighted by molar-refractivity contribution is 5.85. The molecule has 3 saturated carbocycles. The molecule has 0 radical (unpaired) electrons. The van der Waals surface area contributed by atoms with Gasteiger partial charge in [-0.05, 0) is 124 Å². The minimum absolute atomic E-state index is 0. The molecule has 0 aliphatic heterocycles. The largest absolute Gasteiger partial charge is 0.446 e. The number of hydrogen-bond acceptors (Lipinski definition) is 4. The summed E-state index contributed by atoms with van der Waals surface area (Å²) in [6.45, 7) is 15.4. The third-order valence-electron chi connectivity index (χ3n) is 12.8. The van der Waals surface area contributed by atoms with Crippen LogP contribution in [0.15, 0.2) is 11.6 Å². The van der Waals surface area contributed by atoms with Crippen LogP contribution in [0.1, 0.15) is 137 Å². The van der Waals surface area contributed by atoms with E-state index < -0.39 is 0 Å². The van der Waals surface area contributed by atoms with Gasteiger partial charge in [0, 0.05) is 19.5 Å². The van der Waals surface area contributed by atoms with Gasteiger partial charge in [-0.3, -0.25) is 0 Å². The van der Waals surface area contributed by atoms with Gasteiger partial charge in [0.25, 0.3) is 0 Å². The molecule has 258 valence electrons. The Morgan fingerprint density at radius 3 is 2.30 bits per heavy atom. The summed E-state index contributed by atoms with van der Waals surface area (Å²) in [7, 11) is 0. The molecule has 0 spiro atoms. The van der Waals surface area contributed by atoms with Crippen LogP contribution < -0.4 is 11.5 Å². The minimum Gasteiger partial charge on any atom is -0.446 e. The van der Waals surface area contributed by atoms with Crippen LogP contribution in [-0.2, 0) is 4.74 Å². The van der Waals surface area contributed by atoms with E-state index >= 15 is 0 Å². The molecule has 3 fully saturated rings. The van der Waals surface area contributed by atoms with Gasteiger partial charge in [0.05, 0.1) is 0 Å². The Kier molecular flexibility index (Phi) is 16.4. The molecule has 4 rings (SSSR count). The Bertz CT molecular complexity index is 900. The number of halogens is 2. The second-order valence-corrected chi connectivity index (χ2v) is 15.9. The monoisotopic (exact) mass is 657 g/mol. The zero-order chi connectivity index (χ0) is 30.3. The van der Waals surface area contributed by atoms with Gasteiger partial charge < -0.3 is 21.1 Å². The lowest BCUT2D eigenvalue weighted by Crippen LogP contribution is -2.51. The van der Waals surface area contributed by atoms with Crippen LogP contribution in [0.2, 0.25) is 0 Å². The predicted octanol–water partition coefficient (Wildman–Crippen LogP) is 9.55. The normalized spacial score (nSPS) is 33.2. The first-order chi connectivity index (χ1) is 20.1. The van der Waals surface area contributed by atoms with E-state index in [1.807, 2.05) is 4.90 Å². The summed E-state index contributed by atoms with van der Waals surface area (Å²) in [5, 5.41) is 0. The number of ether oxygens (including phenoxy) is 1. The van der Waals surface area contributed by atoms with Crippen LogP contribution in [0.25, 0.3) is 0 Å². The van der Waals surface area contributed by atoms with Gasteiger partial charge in [0.1, 0.15) is 6.10 Å². The Morgan fingerprint density at radius 1 is 0.886 bits per heavy atom. The number of unbranched alkanes of at least 4 members (excludes halogenated alkanes) is 3. The summed E-state index contributed by atoms with van der Waals surface area (Å²) in [6.07, 6.45) is 21.9. The van der Waals surface area contributed by atoms with Crippen molar-refractivity contribution in [2.75, 3.05) is 26.2 Å². The number of hydrogen-bond donors (Lipinski definition) is 2. The maximum atomic E-state index is 13.3. The van der Waals surface area contributed by atoms with E-state index in [1.54, 1.807) is 5.57 Å². The van der Waals surface area contributed by atoms with Crippen LogP contribution in [0, 0.1) is 46.3 Å². The highest BCUT2D eigenvalue weighted by atomic mass is 35.5. The van der Waals surface area contributed by atoms with E-state index in [0.717, 1.165) is 100.0 Å². The van der Waals surface area contributed by atoms with E-state index in [0.29, 0.717) is 18.5 Å². The fourth-order valence-electron chi connectivity index (χ4n) is 10.3. The van der Waals surface area contributed by atoms with Crippen molar-refractivity contribution < 1.29 is 9.53 Å². The quantitative estimate of drug-likeness (QED) is 0.136. The molecule has 0 saturated heterocycles. The molecule has 0 unspecified atom stereocenters. The fourth-order valence-corrected chi connectivity index (χ4v) is 10.3. The molecule has 4 aliphatic rings. The fraction of sp³-hybridized carbons (Fsp3) is 0.919. The van der Waals surface area contributed by atoms with E-state index in [2.05, 4.69) is 40.7 Å². The first kappa shape index (κ1) is 39.7. The van der Waals surface area contributed by atoms with Gasteiger partial charge in [-0.2, -0.15) is 0 Å². The van der Waals surface area contributed by atoms with E-state index in [-0.39, 0.29) is 42.4 Å². The summed E-state index contributed by atoms with van der Waals surface area (Å²) < 4.78 is 6.22. The number of allylic oxidation sites excluding steroid dienone is 1. The SMILES string of the molecule is CC(C)CCC[C@@H](C)[C@H]1CC[C@H]2[C@@H]3CC=C4C[C@@H](OC(=O)N(CCCN)CCCCCCN)CC[C@]4(C)[C@H]3CC[C@]12C.Cl.Cl. The zero-order valence-corrected chi connectivity index (χ0v) is 30.6. The molecule has 0 heterocycles. The number of carbonyl (C=O) groups excluding carboxylic acids is 1. The van der Waals surface area contributed by atoms with E-state index in [4.69, 9.17) is 16.2 Å². The molecule has 0 aromatic rings. The molecule has 7 heteroatoms. The Morgan fingerprint density at radius 2 is 1.59 bits per heavy atom. The second-order valence-electron chi connectivity index (χ2n) is 15.9. The molecule has 8 atom stereocenters. The number of nitrogens with two attached hydrogens (primary N) is 2. The van der Waals surface area contributed by atoms with Gasteiger partial charge in [-0.25, -0.2) is 4.79 Å². The van der Waals surface area contributed by atoms with Crippen molar-refractivity contribution in [2.24, 2.45) is 57.8 Å². The maximum absolute atomic E-state index is 13.3. The van der Waals surface area contributed by atoms with Gasteiger partial charge >= 0.3 is 6.09 Å². The van der Waals surface area contributed by atoms with E-state index in [9.17, 15) is 4.79 Å². The topological polar surface area (TPSA) is 81.6 Å². The van der Waals surface area contributed by atoms with Crippen molar-refractivity contribution in [1.82, 2.24) is 4.90 Å².